The van der Waals surface area contributed by atoms with Gasteiger partial charge in [0.2, 0.25) is 0 Å². The molecule has 1 aromatic carbocycles. The van der Waals surface area contributed by atoms with Crippen molar-refractivity contribution in [3.8, 4) is 0 Å². The smallest absolute Gasteiger partial charge is 0.127 e. The lowest BCUT2D eigenvalue weighted by atomic mass is 10.1. The van der Waals surface area contributed by atoms with Crippen molar-refractivity contribution < 1.29 is 8.78 Å². The maximum Gasteiger partial charge on any atom is 0.127 e. The van der Waals surface area contributed by atoms with Crippen LogP contribution in [0.4, 0.5) is 8.78 Å². The van der Waals surface area contributed by atoms with E-state index >= 15 is 0 Å². The molecule has 0 heterocycles. The van der Waals surface area contributed by atoms with Gasteiger partial charge in [-0.2, -0.15) is 0 Å². The Kier molecular flexibility index (Phi) is 2.81. The fourth-order valence-corrected chi connectivity index (χ4v) is 1.30. The standard InChI is InChI=1S/C8H7F2I/c1-5(11)7-4-6(9)2-3-8(7)10/h2-5H,1H3. The van der Waals surface area contributed by atoms with E-state index in [9.17, 15) is 8.78 Å². The second-order valence-corrected chi connectivity index (χ2v) is 4.15. The van der Waals surface area contributed by atoms with Gasteiger partial charge in [0.05, 0.1) is 0 Å². The molecule has 0 bridgehead atoms. The predicted molar refractivity (Wildman–Crippen MR) is 48.8 cm³/mol. The molecule has 60 valence electrons. The minimum absolute atomic E-state index is 0.00306. The lowest BCUT2D eigenvalue weighted by molar-refractivity contribution is 0.587. The van der Waals surface area contributed by atoms with Crippen LogP contribution in [0.25, 0.3) is 0 Å². The van der Waals surface area contributed by atoms with Crippen LogP contribution in [-0.4, -0.2) is 0 Å². The second kappa shape index (κ2) is 3.47. The van der Waals surface area contributed by atoms with Gasteiger partial charge in [0.1, 0.15) is 11.6 Å². The zero-order valence-corrected chi connectivity index (χ0v) is 8.10. The molecular formula is C8H7F2I. The molecule has 1 unspecified atom stereocenters. The summed E-state index contributed by atoms with van der Waals surface area (Å²) in [6.45, 7) is 1.82. The number of rotatable bonds is 1. The Morgan fingerprint density at radius 3 is 2.45 bits per heavy atom. The van der Waals surface area contributed by atoms with E-state index < -0.39 is 0 Å². The topological polar surface area (TPSA) is 0 Å². The summed E-state index contributed by atoms with van der Waals surface area (Å²) in [7, 11) is 0. The van der Waals surface area contributed by atoms with Crippen LogP contribution in [-0.2, 0) is 0 Å². The Balaban J connectivity index is 3.13. The van der Waals surface area contributed by atoms with Crippen LogP contribution < -0.4 is 0 Å². The van der Waals surface area contributed by atoms with E-state index in [1.807, 2.05) is 29.5 Å². The molecule has 0 spiro atoms. The molecule has 0 aliphatic heterocycles. The predicted octanol–water partition coefficient (Wildman–Crippen LogP) is 3.46. The molecule has 0 saturated carbocycles. The highest BCUT2D eigenvalue weighted by atomic mass is 127. The van der Waals surface area contributed by atoms with Gasteiger partial charge >= 0.3 is 0 Å². The molecule has 1 rings (SSSR count). The van der Waals surface area contributed by atoms with E-state index in [4.69, 9.17) is 0 Å². The Labute approximate surface area is 77.8 Å². The quantitative estimate of drug-likeness (QED) is 0.540. The van der Waals surface area contributed by atoms with Crippen LogP contribution in [0.15, 0.2) is 18.2 Å². The third-order valence-electron chi connectivity index (χ3n) is 1.39. The number of halogens is 3. The number of alkyl halides is 1. The molecule has 0 aromatic heterocycles. The first-order valence-electron chi connectivity index (χ1n) is 3.20. The maximum absolute atomic E-state index is 12.8. The fourth-order valence-electron chi connectivity index (χ4n) is 0.819. The van der Waals surface area contributed by atoms with Gasteiger partial charge in [0.15, 0.2) is 0 Å². The Bertz CT molecular complexity index is 258. The Morgan fingerprint density at radius 2 is 2.00 bits per heavy atom. The summed E-state index contributed by atoms with van der Waals surface area (Å²) in [5.41, 5.74) is 0.422. The van der Waals surface area contributed by atoms with Crippen molar-refractivity contribution in [2.75, 3.05) is 0 Å². The molecule has 11 heavy (non-hydrogen) atoms. The highest BCUT2D eigenvalue weighted by Gasteiger charge is 2.07. The zero-order valence-electron chi connectivity index (χ0n) is 5.94. The van der Waals surface area contributed by atoms with E-state index in [0.29, 0.717) is 5.56 Å². The van der Waals surface area contributed by atoms with Crippen LogP contribution in [0.1, 0.15) is 16.4 Å². The van der Waals surface area contributed by atoms with Crippen LogP contribution in [0.3, 0.4) is 0 Å². The van der Waals surface area contributed by atoms with E-state index in [0.717, 1.165) is 12.1 Å². The average Bonchev–Trinajstić information content (AvgIpc) is 1.94. The van der Waals surface area contributed by atoms with Gasteiger partial charge in [0.25, 0.3) is 0 Å². The van der Waals surface area contributed by atoms with Crippen molar-refractivity contribution in [2.24, 2.45) is 0 Å². The van der Waals surface area contributed by atoms with Gasteiger partial charge < -0.3 is 0 Å². The second-order valence-electron chi connectivity index (χ2n) is 2.28. The third kappa shape index (κ3) is 2.12. The lowest BCUT2D eigenvalue weighted by Gasteiger charge is -2.04. The maximum atomic E-state index is 12.8. The first-order valence-corrected chi connectivity index (χ1v) is 4.45. The van der Waals surface area contributed by atoms with Gasteiger partial charge in [-0.3, -0.25) is 0 Å². The van der Waals surface area contributed by atoms with E-state index in [2.05, 4.69) is 0 Å². The summed E-state index contributed by atoms with van der Waals surface area (Å²) in [5, 5.41) is 0. The molecule has 1 atom stereocenters. The largest absolute Gasteiger partial charge is 0.207 e. The van der Waals surface area contributed by atoms with Gasteiger partial charge in [-0.1, -0.05) is 22.6 Å². The third-order valence-corrected chi connectivity index (χ3v) is 2.06. The zero-order chi connectivity index (χ0) is 8.43. The monoisotopic (exact) mass is 268 g/mol. The summed E-state index contributed by atoms with van der Waals surface area (Å²) in [6.07, 6.45) is 0. The van der Waals surface area contributed by atoms with E-state index in [1.54, 1.807) is 0 Å². The molecule has 1 aromatic rings. The first kappa shape index (κ1) is 8.90. The Hall–Kier alpha value is -0.190. The summed E-state index contributed by atoms with van der Waals surface area (Å²) < 4.78 is 25.4. The van der Waals surface area contributed by atoms with Crippen molar-refractivity contribution >= 4 is 22.6 Å². The SMILES string of the molecule is CC(I)c1cc(F)ccc1F. The van der Waals surface area contributed by atoms with Crippen LogP contribution in [0.5, 0.6) is 0 Å². The fraction of sp³-hybridized carbons (Fsp3) is 0.250. The average molecular weight is 268 g/mol. The Morgan fingerprint density at radius 1 is 1.36 bits per heavy atom. The number of hydrogen-bond acceptors (Lipinski definition) is 0. The molecule has 0 fully saturated rings. The summed E-state index contributed by atoms with van der Waals surface area (Å²) in [5.74, 6) is -0.724. The lowest BCUT2D eigenvalue weighted by Crippen LogP contribution is -1.90. The highest BCUT2D eigenvalue weighted by molar-refractivity contribution is 14.1. The highest BCUT2D eigenvalue weighted by Crippen LogP contribution is 2.25. The van der Waals surface area contributed by atoms with Gasteiger partial charge in [0, 0.05) is 9.49 Å². The minimum atomic E-state index is -0.384. The molecule has 0 amide bonds. The van der Waals surface area contributed by atoms with Crippen molar-refractivity contribution in [1.82, 2.24) is 0 Å². The molecule has 3 heteroatoms. The van der Waals surface area contributed by atoms with E-state index in [-0.39, 0.29) is 15.6 Å². The molecular weight excluding hydrogens is 261 g/mol. The molecule has 0 saturated heterocycles. The van der Waals surface area contributed by atoms with Crippen molar-refractivity contribution in [2.45, 2.75) is 10.8 Å². The molecule has 0 aliphatic rings. The normalized spacial score (nSPS) is 13.1. The molecule has 0 nitrogen and oxygen atoms in total. The van der Waals surface area contributed by atoms with Crippen molar-refractivity contribution in [1.29, 1.82) is 0 Å². The van der Waals surface area contributed by atoms with Crippen LogP contribution >= 0.6 is 22.6 Å². The molecule has 0 radical (unpaired) electrons. The van der Waals surface area contributed by atoms with Crippen LogP contribution in [0, 0.1) is 11.6 Å². The summed E-state index contributed by atoms with van der Waals surface area (Å²) in [4.78, 5) is 0. The molecule has 0 aliphatic carbocycles. The number of hydrogen-bond donors (Lipinski definition) is 0. The number of benzene rings is 1. The van der Waals surface area contributed by atoms with Gasteiger partial charge in [-0.25, -0.2) is 8.78 Å². The van der Waals surface area contributed by atoms with Gasteiger partial charge in [-0.15, -0.1) is 0 Å². The summed E-state index contributed by atoms with van der Waals surface area (Å²) >= 11 is 2.04. The minimum Gasteiger partial charge on any atom is -0.207 e. The van der Waals surface area contributed by atoms with Crippen molar-refractivity contribution in [3.05, 3.63) is 35.4 Å². The van der Waals surface area contributed by atoms with Gasteiger partial charge in [-0.05, 0) is 25.1 Å². The van der Waals surface area contributed by atoms with Crippen molar-refractivity contribution in [3.63, 3.8) is 0 Å². The molecule has 0 N–H and O–H groups in total. The van der Waals surface area contributed by atoms with E-state index in [1.165, 1.54) is 6.07 Å². The van der Waals surface area contributed by atoms with Crippen LogP contribution in [0.2, 0.25) is 0 Å². The first-order chi connectivity index (χ1) is 5.11. The summed E-state index contributed by atoms with van der Waals surface area (Å²) in [6, 6.07) is 3.50.